The van der Waals surface area contributed by atoms with Crippen molar-refractivity contribution in [3.63, 3.8) is 0 Å². The number of benzene rings is 3. The van der Waals surface area contributed by atoms with Crippen LogP contribution in [0, 0.1) is 5.92 Å². The number of ketones is 2. The van der Waals surface area contributed by atoms with Crippen molar-refractivity contribution in [3.05, 3.63) is 81.4 Å². The highest BCUT2D eigenvalue weighted by Gasteiger charge is 2.51. The van der Waals surface area contributed by atoms with Crippen LogP contribution in [0.3, 0.4) is 0 Å². The summed E-state index contributed by atoms with van der Waals surface area (Å²) in [5, 5.41) is 50.8. The van der Waals surface area contributed by atoms with E-state index >= 15 is 0 Å². The van der Waals surface area contributed by atoms with Gasteiger partial charge in [-0.25, -0.2) is 0 Å². The third-order valence-corrected chi connectivity index (χ3v) is 8.08. The molecule has 0 spiro atoms. The van der Waals surface area contributed by atoms with Gasteiger partial charge in [0.2, 0.25) is 0 Å². The molecule has 3 aromatic rings. The normalized spacial score (nSPS) is 24.2. The molecule has 2 aliphatic heterocycles. The fourth-order valence-corrected chi connectivity index (χ4v) is 6.46. The Kier molecular flexibility index (Phi) is 5.63. The number of hydrogen-bond donors (Lipinski definition) is 6. The molecule has 0 saturated carbocycles. The molecular formula is C29H27N3O7. The number of aromatic hydroxyl groups is 4. The predicted octanol–water partition coefficient (Wildman–Crippen LogP) is 3.00. The Morgan fingerprint density at radius 3 is 2.31 bits per heavy atom. The lowest BCUT2D eigenvalue weighted by Gasteiger charge is -2.49. The number of rotatable bonds is 4. The second-order valence-electron chi connectivity index (χ2n) is 10.5. The minimum atomic E-state index is -0.817. The van der Waals surface area contributed by atoms with Crippen molar-refractivity contribution in [1.82, 2.24) is 10.9 Å². The van der Waals surface area contributed by atoms with E-state index in [-0.39, 0.29) is 57.6 Å². The summed E-state index contributed by atoms with van der Waals surface area (Å²) in [6.07, 6.45) is 1.04. The molecule has 3 atom stereocenters. The van der Waals surface area contributed by atoms with Crippen molar-refractivity contribution in [2.75, 3.05) is 7.11 Å². The number of nitrogens with one attached hydrogen (secondary N) is 2. The van der Waals surface area contributed by atoms with Gasteiger partial charge in [0.1, 0.15) is 11.5 Å². The van der Waals surface area contributed by atoms with E-state index in [2.05, 4.69) is 16.0 Å². The van der Waals surface area contributed by atoms with E-state index in [0.29, 0.717) is 29.7 Å². The summed E-state index contributed by atoms with van der Waals surface area (Å²) in [6.45, 7) is 1.91. The second kappa shape index (κ2) is 8.82. The maximum absolute atomic E-state index is 13.5. The summed E-state index contributed by atoms with van der Waals surface area (Å²) >= 11 is 0. The van der Waals surface area contributed by atoms with Crippen LogP contribution in [0.5, 0.6) is 23.0 Å². The minimum absolute atomic E-state index is 0.177. The van der Waals surface area contributed by atoms with E-state index < -0.39 is 23.1 Å². The van der Waals surface area contributed by atoms with Crippen molar-refractivity contribution in [2.24, 2.45) is 11.0 Å². The molecule has 0 radical (unpaired) electrons. The zero-order valence-electron chi connectivity index (χ0n) is 21.3. The topological polar surface area (TPSA) is 161 Å². The molecular weight excluding hydrogens is 502 g/mol. The number of phenols is 4. The second-order valence-corrected chi connectivity index (χ2v) is 10.5. The molecule has 2 bridgehead atoms. The number of fused-ring (bicyclic) bond motifs is 6. The highest BCUT2D eigenvalue weighted by molar-refractivity contribution is 6.30. The van der Waals surface area contributed by atoms with Gasteiger partial charge in [0.05, 0.1) is 29.5 Å². The van der Waals surface area contributed by atoms with Crippen molar-refractivity contribution < 1.29 is 34.9 Å². The molecule has 200 valence electrons. The Hall–Kier alpha value is -4.41. The third kappa shape index (κ3) is 3.67. The third-order valence-electron chi connectivity index (χ3n) is 8.08. The summed E-state index contributed by atoms with van der Waals surface area (Å²) in [7, 11) is 1.44. The van der Waals surface area contributed by atoms with E-state index in [1.165, 1.54) is 19.2 Å². The molecule has 1 aliphatic carbocycles. The Morgan fingerprint density at radius 1 is 1.00 bits per heavy atom. The average Bonchev–Trinajstić information content (AvgIpc) is 2.90. The average molecular weight is 530 g/mol. The van der Waals surface area contributed by atoms with Crippen LogP contribution in [0.4, 0.5) is 0 Å². The van der Waals surface area contributed by atoms with Crippen LogP contribution in [-0.4, -0.2) is 50.4 Å². The zero-order chi connectivity index (χ0) is 27.6. The van der Waals surface area contributed by atoms with Gasteiger partial charge in [-0.05, 0) is 43.9 Å². The molecule has 3 aliphatic rings. The molecule has 1 fully saturated rings. The summed E-state index contributed by atoms with van der Waals surface area (Å²) in [6, 6.07) is 10.5. The molecule has 0 aromatic heterocycles. The van der Waals surface area contributed by atoms with Gasteiger partial charge in [0, 0.05) is 34.2 Å². The molecule has 3 aromatic carbocycles. The van der Waals surface area contributed by atoms with Crippen LogP contribution in [-0.2, 0) is 17.7 Å². The minimum Gasteiger partial charge on any atom is -0.507 e. The van der Waals surface area contributed by atoms with E-state index in [9.17, 15) is 30.0 Å². The number of carbonyl (C=O) groups excluding carboxylic acids is 2. The van der Waals surface area contributed by atoms with Gasteiger partial charge in [0.15, 0.2) is 23.1 Å². The van der Waals surface area contributed by atoms with Crippen LogP contribution >= 0.6 is 0 Å². The Balaban J connectivity index is 1.49. The van der Waals surface area contributed by atoms with Gasteiger partial charge >= 0.3 is 0 Å². The van der Waals surface area contributed by atoms with Gasteiger partial charge in [0.25, 0.3) is 0 Å². The maximum atomic E-state index is 13.5. The van der Waals surface area contributed by atoms with E-state index in [1.54, 1.807) is 30.3 Å². The Bertz CT molecular complexity index is 1600. The molecule has 6 N–H and O–H groups in total. The molecule has 2 heterocycles. The number of phenolic OH excluding ortho intramolecular Hbond substituents is 4. The smallest absolute Gasteiger partial charge is 0.198 e. The first-order chi connectivity index (χ1) is 18.6. The quantitative estimate of drug-likeness (QED) is 0.133. The van der Waals surface area contributed by atoms with Crippen molar-refractivity contribution >= 4 is 17.3 Å². The van der Waals surface area contributed by atoms with Gasteiger partial charge in [-0.3, -0.25) is 19.7 Å². The lowest BCUT2D eigenvalue weighted by atomic mass is 9.66. The fourth-order valence-electron chi connectivity index (χ4n) is 6.46. The van der Waals surface area contributed by atoms with Crippen LogP contribution in [0.2, 0.25) is 0 Å². The SMILES string of the molecule is CON/N=C1/C(Cc2ccc(O)c(O)c2)CC2NC1(C)Cc1c(O)c3c(c(O)c12)C(=O)c1ccccc1C3=O. The van der Waals surface area contributed by atoms with Crippen LogP contribution in [0.25, 0.3) is 0 Å². The lowest BCUT2D eigenvalue weighted by Crippen LogP contribution is -2.62. The molecule has 10 heteroatoms. The van der Waals surface area contributed by atoms with Crippen molar-refractivity contribution in [2.45, 2.75) is 37.8 Å². The van der Waals surface area contributed by atoms with Gasteiger partial charge in [-0.15, -0.1) is 0 Å². The summed E-state index contributed by atoms with van der Waals surface area (Å²) < 4.78 is 0. The highest BCUT2D eigenvalue weighted by Crippen LogP contribution is 2.52. The summed E-state index contributed by atoms with van der Waals surface area (Å²) in [5.41, 5.74) is 3.99. The fraction of sp³-hybridized carbons (Fsp3) is 0.276. The van der Waals surface area contributed by atoms with Crippen LogP contribution in [0.1, 0.15) is 67.9 Å². The highest BCUT2D eigenvalue weighted by atomic mass is 16.7. The molecule has 6 rings (SSSR count). The van der Waals surface area contributed by atoms with Gasteiger partial charge < -0.3 is 20.4 Å². The lowest BCUT2D eigenvalue weighted by molar-refractivity contribution is 0.0921. The Labute approximate surface area is 223 Å². The first-order valence-electron chi connectivity index (χ1n) is 12.6. The Morgan fingerprint density at radius 2 is 1.67 bits per heavy atom. The molecule has 39 heavy (non-hydrogen) atoms. The molecule has 3 unspecified atom stereocenters. The molecule has 0 amide bonds. The monoisotopic (exact) mass is 529 g/mol. The molecule has 1 saturated heterocycles. The summed E-state index contributed by atoms with van der Waals surface area (Å²) in [5.74, 6) is -2.29. The summed E-state index contributed by atoms with van der Waals surface area (Å²) in [4.78, 5) is 31.9. The number of piperidine rings is 1. The van der Waals surface area contributed by atoms with Gasteiger partial charge in [-0.2, -0.15) is 10.7 Å². The standard InChI is InChI=1S/C29H27N3O7/c1-29-12-17-21(27(38)23-22(26(17)37)24(35)15-5-3-4-6-16(15)25(23)36)18(30-29)11-14(28(29)31-32-39-2)9-13-7-8-19(33)20(34)10-13/h3-8,10,14,18,30,32-34,37-38H,9,11-12H2,1-2H3/b31-28-. The van der Waals surface area contributed by atoms with Gasteiger partial charge in [-0.1, -0.05) is 30.3 Å². The van der Waals surface area contributed by atoms with Crippen LogP contribution < -0.4 is 10.9 Å². The first-order valence-corrected chi connectivity index (χ1v) is 12.6. The van der Waals surface area contributed by atoms with E-state index in [4.69, 9.17) is 4.84 Å². The largest absolute Gasteiger partial charge is 0.507 e. The first kappa shape index (κ1) is 24.9. The van der Waals surface area contributed by atoms with Crippen molar-refractivity contribution in [1.29, 1.82) is 0 Å². The number of hydrogen-bond acceptors (Lipinski definition) is 10. The molecule has 10 nitrogen and oxygen atoms in total. The predicted molar refractivity (Wildman–Crippen MR) is 140 cm³/mol. The number of carbonyl (C=O) groups is 2. The maximum Gasteiger partial charge on any atom is 0.198 e. The van der Waals surface area contributed by atoms with Crippen LogP contribution in [0.15, 0.2) is 47.6 Å². The number of nitrogens with zero attached hydrogens (tertiary/aromatic N) is 1. The zero-order valence-corrected chi connectivity index (χ0v) is 21.3. The van der Waals surface area contributed by atoms with Crippen molar-refractivity contribution in [3.8, 4) is 23.0 Å². The van der Waals surface area contributed by atoms with E-state index in [1.807, 2.05) is 6.92 Å². The number of hydrazone groups is 1. The van der Waals surface area contributed by atoms with E-state index in [0.717, 1.165) is 5.56 Å².